The number of nitrogens with one attached hydrogen (secondary N) is 1. The highest BCUT2D eigenvalue weighted by Gasteiger charge is 2.31. The van der Waals surface area contributed by atoms with E-state index in [1.807, 2.05) is 0 Å². The average Bonchev–Trinajstić information content (AvgIpc) is 2.86. The molecule has 0 aliphatic rings. The smallest absolute Gasteiger partial charge is 0.417 e. The highest BCUT2D eigenvalue weighted by Crippen LogP contribution is 2.33. The van der Waals surface area contributed by atoms with Crippen molar-refractivity contribution in [1.82, 2.24) is 10.3 Å². The van der Waals surface area contributed by atoms with Crippen LogP contribution in [0.3, 0.4) is 0 Å². The molecule has 6 nitrogen and oxygen atoms in total. The Balaban J connectivity index is 1.74. The van der Waals surface area contributed by atoms with Gasteiger partial charge in [0.05, 0.1) is 17.7 Å². The first-order valence-corrected chi connectivity index (χ1v) is 11.3. The lowest BCUT2D eigenvalue weighted by molar-refractivity contribution is -0.139. The summed E-state index contributed by atoms with van der Waals surface area (Å²) in [5.74, 6) is -1.38. The molecule has 1 heterocycles. The van der Waals surface area contributed by atoms with E-state index in [-0.39, 0.29) is 30.0 Å². The van der Waals surface area contributed by atoms with Crippen molar-refractivity contribution < 1.29 is 45.8 Å². The molecule has 2 aromatic carbocycles. The van der Waals surface area contributed by atoms with Gasteiger partial charge in [0.1, 0.15) is 11.9 Å². The van der Waals surface area contributed by atoms with Gasteiger partial charge in [-0.15, -0.1) is 0 Å². The van der Waals surface area contributed by atoms with Crippen molar-refractivity contribution in [3.05, 3.63) is 83.6 Å². The second-order valence-electron chi connectivity index (χ2n) is 8.24. The maximum atomic E-state index is 12.9. The summed E-state index contributed by atoms with van der Waals surface area (Å²) in [6.07, 6.45) is -11.0. The molecule has 0 aliphatic carbocycles. The van der Waals surface area contributed by atoms with Gasteiger partial charge in [-0.05, 0) is 48.4 Å². The Labute approximate surface area is 213 Å². The summed E-state index contributed by atoms with van der Waals surface area (Å²) in [6.45, 7) is -0.0656. The van der Waals surface area contributed by atoms with Crippen molar-refractivity contribution in [3.63, 3.8) is 0 Å². The maximum Gasteiger partial charge on any atom is 0.417 e. The molecule has 202 valence electrons. The average molecular weight is 540 g/mol. The minimum Gasteiger partial charge on any atom is -0.486 e. The van der Waals surface area contributed by atoms with Crippen molar-refractivity contribution in [2.75, 3.05) is 6.54 Å². The second kappa shape index (κ2) is 12.0. The molecule has 0 fully saturated rings. The fraction of sp³-hybridized carbons (Fsp3) is 0.269. The zero-order valence-corrected chi connectivity index (χ0v) is 19.6. The van der Waals surface area contributed by atoms with Crippen LogP contribution in [0.5, 0.6) is 5.75 Å². The quantitative estimate of drug-likeness (QED) is 0.289. The molecular formula is C26H22F6N2O4. The van der Waals surface area contributed by atoms with Gasteiger partial charge in [-0.1, -0.05) is 24.3 Å². The maximum absolute atomic E-state index is 12.9. The summed E-state index contributed by atoms with van der Waals surface area (Å²) >= 11 is 0. The summed E-state index contributed by atoms with van der Waals surface area (Å²) in [6, 6.07) is 13.8. The number of alkyl halides is 6. The van der Waals surface area contributed by atoms with Crippen LogP contribution in [0.15, 0.2) is 66.9 Å². The van der Waals surface area contributed by atoms with E-state index in [2.05, 4.69) is 10.3 Å². The van der Waals surface area contributed by atoms with Crippen molar-refractivity contribution in [1.29, 1.82) is 0 Å². The number of ether oxygens (including phenoxy) is 1. The van der Waals surface area contributed by atoms with E-state index in [1.54, 1.807) is 0 Å². The Morgan fingerprint density at radius 1 is 0.921 bits per heavy atom. The number of halogens is 6. The van der Waals surface area contributed by atoms with Crippen LogP contribution in [0.1, 0.15) is 46.9 Å². The highest BCUT2D eigenvalue weighted by atomic mass is 19.4. The third-order valence-corrected chi connectivity index (χ3v) is 5.38. The SMILES string of the molecule is O=C(O)CCNC(=O)c1ccc(OC(CCC(F)(F)F)c2ccc(-c3ccc(C(F)(F)F)cn3)cc2)cc1. The predicted molar refractivity (Wildman–Crippen MR) is 124 cm³/mol. The van der Waals surface area contributed by atoms with Gasteiger partial charge in [-0.2, -0.15) is 26.3 Å². The first-order chi connectivity index (χ1) is 17.8. The van der Waals surface area contributed by atoms with E-state index >= 15 is 0 Å². The number of pyridine rings is 1. The molecule has 2 N–H and O–H groups in total. The summed E-state index contributed by atoms with van der Waals surface area (Å²) in [7, 11) is 0. The first kappa shape index (κ1) is 28.5. The van der Waals surface area contributed by atoms with E-state index < -0.39 is 48.7 Å². The van der Waals surface area contributed by atoms with Crippen LogP contribution in [0.4, 0.5) is 26.3 Å². The van der Waals surface area contributed by atoms with Crippen LogP contribution in [0.2, 0.25) is 0 Å². The van der Waals surface area contributed by atoms with Crippen molar-refractivity contribution in [2.45, 2.75) is 37.7 Å². The normalized spacial score (nSPS) is 12.6. The molecule has 1 amide bonds. The molecule has 3 rings (SSSR count). The van der Waals surface area contributed by atoms with Crippen LogP contribution in [-0.2, 0) is 11.0 Å². The highest BCUT2D eigenvalue weighted by molar-refractivity contribution is 5.94. The number of nitrogens with zero attached hydrogens (tertiary/aromatic N) is 1. The predicted octanol–water partition coefficient (Wildman–Crippen LogP) is 6.43. The number of carbonyl (C=O) groups excluding carboxylic acids is 1. The molecule has 0 saturated carbocycles. The van der Waals surface area contributed by atoms with Crippen molar-refractivity contribution in [3.8, 4) is 17.0 Å². The van der Waals surface area contributed by atoms with Gasteiger partial charge in [0, 0.05) is 30.3 Å². The van der Waals surface area contributed by atoms with Gasteiger partial charge >= 0.3 is 18.3 Å². The summed E-state index contributed by atoms with van der Waals surface area (Å²) < 4.78 is 82.9. The van der Waals surface area contributed by atoms with Gasteiger partial charge in [-0.3, -0.25) is 14.6 Å². The van der Waals surface area contributed by atoms with E-state index in [1.165, 1.54) is 54.6 Å². The zero-order chi connectivity index (χ0) is 27.9. The molecule has 1 unspecified atom stereocenters. The molecule has 1 atom stereocenters. The largest absolute Gasteiger partial charge is 0.486 e. The Bertz CT molecular complexity index is 1230. The Kier molecular flexibility index (Phi) is 8.97. The summed E-state index contributed by atoms with van der Waals surface area (Å²) in [4.78, 5) is 26.4. The van der Waals surface area contributed by atoms with Crippen LogP contribution >= 0.6 is 0 Å². The number of aliphatic carboxylic acids is 1. The number of amides is 1. The molecule has 0 aliphatic heterocycles. The van der Waals surface area contributed by atoms with Crippen molar-refractivity contribution >= 4 is 11.9 Å². The van der Waals surface area contributed by atoms with Gasteiger partial charge in [0.15, 0.2) is 0 Å². The number of carbonyl (C=O) groups is 2. The van der Waals surface area contributed by atoms with E-state index in [9.17, 15) is 35.9 Å². The molecule has 38 heavy (non-hydrogen) atoms. The van der Waals surface area contributed by atoms with Gasteiger partial charge in [-0.25, -0.2) is 0 Å². The molecule has 12 heteroatoms. The number of rotatable bonds is 10. The first-order valence-electron chi connectivity index (χ1n) is 11.3. The van der Waals surface area contributed by atoms with Gasteiger partial charge in [0.2, 0.25) is 0 Å². The number of aromatic nitrogens is 1. The molecular weight excluding hydrogens is 518 g/mol. The van der Waals surface area contributed by atoms with E-state index in [4.69, 9.17) is 9.84 Å². The third kappa shape index (κ3) is 8.49. The van der Waals surface area contributed by atoms with Gasteiger partial charge in [0.25, 0.3) is 5.91 Å². The van der Waals surface area contributed by atoms with Gasteiger partial charge < -0.3 is 15.2 Å². The van der Waals surface area contributed by atoms with E-state index in [0.29, 0.717) is 17.3 Å². The molecule has 1 aromatic heterocycles. The third-order valence-electron chi connectivity index (χ3n) is 5.38. The minimum atomic E-state index is -4.53. The van der Waals surface area contributed by atoms with Crippen LogP contribution in [0, 0.1) is 0 Å². The summed E-state index contributed by atoms with van der Waals surface area (Å²) in [5.41, 5.74) is 0.440. The number of hydrogen-bond acceptors (Lipinski definition) is 4. The number of hydrogen-bond donors (Lipinski definition) is 2. The van der Waals surface area contributed by atoms with Crippen LogP contribution in [-0.4, -0.2) is 34.7 Å². The minimum absolute atomic E-state index is 0.0656. The fourth-order valence-electron chi connectivity index (χ4n) is 3.42. The molecule has 0 radical (unpaired) electrons. The monoisotopic (exact) mass is 540 g/mol. The molecule has 0 saturated heterocycles. The molecule has 0 spiro atoms. The number of benzene rings is 2. The lowest BCUT2D eigenvalue weighted by Gasteiger charge is -2.21. The Morgan fingerprint density at radius 2 is 1.58 bits per heavy atom. The number of carboxylic acid groups (broad SMARTS) is 1. The zero-order valence-electron chi connectivity index (χ0n) is 19.6. The number of carboxylic acids is 1. The Morgan fingerprint density at radius 3 is 2.11 bits per heavy atom. The molecule has 0 bridgehead atoms. The second-order valence-corrected chi connectivity index (χ2v) is 8.24. The lowest BCUT2D eigenvalue weighted by atomic mass is 10.0. The van der Waals surface area contributed by atoms with Crippen LogP contribution < -0.4 is 10.1 Å². The molecule has 3 aromatic rings. The van der Waals surface area contributed by atoms with Crippen molar-refractivity contribution in [2.24, 2.45) is 0 Å². The lowest BCUT2D eigenvalue weighted by Crippen LogP contribution is -2.25. The van der Waals surface area contributed by atoms with E-state index in [0.717, 1.165) is 6.07 Å². The fourth-order valence-corrected chi connectivity index (χ4v) is 3.42. The topological polar surface area (TPSA) is 88.5 Å². The summed E-state index contributed by atoms with van der Waals surface area (Å²) in [5, 5.41) is 11.1. The Hall–Kier alpha value is -4.09. The standard InChI is InChI=1S/C26H22F6N2O4/c27-25(28,29)13-11-22(38-20-8-5-18(6-9-20)24(37)33-14-12-23(35)36)17-3-1-16(2-4-17)21-10-7-19(15-34-21)26(30,31)32/h1-10,15,22H,11-14H2,(H,33,37)(H,35,36). The van der Waals surface area contributed by atoms with Crippen LogP contribution in [0.25, 0.3) is 11.3 Å².